The van der Waals surface area contributed by atoms with Crippen molar-refractivity contribution in [3.05, 3.63) is 23.9 Å². The monoisotopic (exact) mass is 201 g/mol. The highest BCUT2D eigenvalue weighted by Gasteiger charge is 2.10. The number of nitrogens with zero attached hydrogens (tertiary/aromatic N) is 3. The standard InChI is InChI=1S/C12H15N3/c13-9-11-5-6-12(14-10-11)15-7-3-1-2-4-8-15/h5-6,10H,1-4,7-8H2. The molecule has 0 N–H and O–H groups in total. The number of nitriles is 1. The third-order valence-corrected chi connectivity index (χ3v) is 2.81. The molecule has 1 saturated heterocycles. The maximum absolute atomic E-state index is 8.68. The maximum Gasteiger partial charge on any atom is 0.128 e. The van der Waals surface area contributed by atoms with E-state index in [1.165, 1.54) is 25.7 Å². The first-order valence-corrected chi connectivity index (χ1v) is 5.51. The topological polar surface area (TPSA) is 39.9 Å². The molecule has 1 fully saturated rings. The van der Waals surface area contributed by atoms with Crippen molar-refractivity contribution in [1.82, 2.24) is 4.98 Å². The summed E-state index contributed by atoms with van der Waals surface area (Å²) in [5.74, 6) is 1.01. The smallest absolute Gasteiger partial charge is 0.128 e. The van der Waals surface area contributed by atoms with E-state index in [0.717, 1.165) is 18.9 Å². The Morgan fingerprint density at radius 3 is 2.40 bits per heavy atom. The van der Waals surface area contributed by atoms with Crippen LogP contribution in [-0.4, -0.2) is 18.1 Å². The summed E-state index contributed by atoms with van der Waals surface area (Å²) in [7, 11) is 0. The van der Waals surface area contributed by atoms with Gasteiger partial charge in [-0.25, -0.2) is 4.98 Å². The van der Waals surface area contributed by atoms with Crippen molar-refractivity contribution in [3.8, 4) is 6.07 Å². The molecule has 0 spiro atoms. The quantitative estimate of drug-likeness (QED) is 0.700. The van der Waals surface area contributed by atoms with E-state index in [9.17, 15) is 0 Å². The minimum absolute atomic E-state index is 0.633. The van der Waals surface area contributed by atoms with Gasteiger partial charge in [-0.15, -0.1) is 0 Å². The van der Waals surface area contributed by atoms with E-state index in [1.807, 2.05) is 12.1 Å². The highest BCUT2D eigenvalue weighted by atomic mass is 15.2. The van der Waals surface area contributed by atoms with Gasteiger partial charge in [0.1, 0.15) is 11.9 Å². The van der Waals surface area contributed by atoms with Gasteiger partial charge < -0.3 is 4.90 Å². The third-order valence-electron chi connectivity index (χ3n) is 2.81. The molecule has 1 aromatic rings. The number of pyridine rings is 1. The van der Waals surface area contributed by atoms with E-state index in [-0.39, 0.29) is 0 Å². The number of aromatic nitrogens is 1. The predicted molar refractivity (Wildman–Crippen MR) is 59.6 cm³/mol. The van der Waals surface area contributed by atoms with Crippen LogP contribution >= 0.6 is 0 Å². The molecule has 15 heavy (non-hydrogen) atoms. The molecule has 0 aromatic carbocycles. The van der Waals surface area contributed by atoms with Crippen LogP contribution in [0.25, 0.3) is 0 Å². The van der Waals surface area contributed by atoms with Gasteiger partial charge in [-0.05, 0) is 25.0 Å². The molecule has 3 nitrogen and oxygen atoms in total. The zero-order chi connectivity index (χ0) is 10.5. The fraction of sp³-hybridized carbons (Fsp3) is 0.500. The molecule has 0 radical (unpaired) electrons. The largest absolute Gasteiger partial charge is 0.357 e. The van der Waals surface area contributed by atoms with Crippen LogP contribution in [0.2, 0.25) is 0 Å². The second-order valence-electron chi connectivity index (χ2n) is 3.92. The van der Waals surface area contributed by atoms with E-state index in [2.05, 4.69) is 16.0 Å². The van der Waals surface area contributed by atoms with Gasteiger partial charge in [-0.3, -0.25) is 0 Å². The van der Waals surface area contributed by atoms with Crippen molar-refractivity contribution in [2.45, 2.75) is 25.7 Å². The molecule has 1 aromatic heterocycles. The van der Waals surface area contributed by atoms with Crippen LogP contribution in [0.15, 0.2) is 18.3 Å². The number of rotatable bonds is 1. The molecule has 3 heteroatoms. The molecule has 1 aliphatic rings. The number of hydrogen-bond acceptors (Lipinski definition) is 3. The van der Waals surface area contributed by atoms with Crippen LogP contribution in [0.3, 0.4) is 0 Å². The van der Waals surface area contributed by atoms with Crippen molar-refractivity contribution in [3.63, 3.8) is 0 Å². The lowest BCUT2D eigenvalue weighted by Gasteiger charge is -2.20. The Kier molecular flexibility index (Phi) is 3.18. The summed E-state index contributed by atoms with van der Waals surface area (Å²) in [6, 6.07) is 5.88. The molecule has 0 aliphatic carbocycles. The second-order valence-corrected chi connectivity index (χ2v) is 3.92. The Morgan fingerprint density at radius 2 is 1.87 bits per heavy atom. The maximum atomic E-state index is 8.68. The van der Waals surface area contributed by atoms with Gasteiger partial charge in [-0.2, -0.15) is 5.26 Å². The first kappa shape index (κ1) is 9.97. The number of anilines is 1. The Balaban J connectivity index is 2.10. The first-order valence-electron chi connectivity index (χ1n) is 5.51. The summed E-state index contributed by atoms with van der Waals surface area (Å²) in [5, 5.41) is 8.68. The van der Waals surface area contributed by atoms with Gasteiger partial charge in [0.25, 0.3) is 0 Å². The van der Waals surface area contributed by atoms with E-state index in [0.29, 0.717) is 5.56 Å². The van der Waals surface area contributed by atoms with Gasteiger partial charge in [0.15, 0.2) is 0 Å². The van der Waals surface area contributed by atoms with Crippen LogP contribution in [0, 0.1) is 11.3 Å². The van der Waals surface area contributed by atoms with Crippen LogP contribution < -0.4 is 4.90 Å². The van der Waals surface area contributed by atoms with Crippen molar-refractivity contribution < 1.29 is 0 Å². The van der Waals surface area contributed by atoms with Crippen molar-refractivity contribution in [2.75, 3.05) is 18.0 Å². The van der Waals surface area contributed by atoms with Gasteiger partial charge in [0.2, 0.25) is 0 Å². The highest BCUT2D eigenvalue weighted by Crippen LogP contribution is 2.17. The Labute approximate surface area is 90.4 Å². The summed E-state index contributed by atoms with van der Waals surface area (Å²) in [6.45, 7) is 2.19. The molecule has 0 saturated carbocycles. The van der Waals surface area contributed by atoms with Gasteiger partial charge in [0, 0.05) is 19.3 Å². The summed E-state index contributed by atoms with van der Waals surface area (Å²) in [6.07, 6.45) is 6.81. The average Bonchev–Trinajstić information content (AvgIpc) is 2.58. The zero-order valence-corrected chi connectivity index (χ0v) is 8.82. The van der Waals surface area contributed by atoms with Crippen LogP contribution in [-0.2, 0) is 0 Å². The Bertz CT molecular complexity index is 342. The summed E-state index contributed by atoms with van der Waals surface area (Å²) < 4.78 is 0. The molecule has 1 aliphatic heterocycles. The summed E-state index contributed by atoms with van der Waals surface area (Å²) in [4.78, 5) is 6.63. The average molecular weight is 201 g/mol. The third kappa shape index (κ3) is 2.47. The van der Waals surface area contributed by atoms with Crippen molar-refractivity contribution in [1.29, 1.82) is 5.26 Å². The molecule has 78 valence electrons. The first-order chi connectivity index (χ1) is 7.40. The van der Waals surface area contributed by atoms with E-state index < -0.39 is 0 Å². The summed E-state index contributed by atoms with van der Waals surface area (Å²) >= 11 is 0. The SMILES string of the molecule is N#Cc1ccc(N2CCCCCC2)nc1. The molecular weight excluding hydrogens is 186 g/mol. The minimum atomic E-state index is 0.633. The van der Waals surface area contributed by atoms with E-state index in [4.69, 9.17) is 5.26 Å². The number of hydrogen-bond donors (Lipinski definition) is 0. The van der Waals surface area contributed by atoms with Crippen molar-refractivity contribution >= 4 is 5.82 Å². The van der Waals surface area contributed by atoms with Crippen LogP contribution in [0.5, 0.6) is 0 Å². The van der Waals surface area contributed by atoms with E-state index >= 15 is 0 Å². The minimum Gasteiger partial charge on any atom is -0.357 e. The van der Waals surface area contributed by atoms with Gasteiger partial charge >= 0.3 is 0 Å². The molecule has 0 amide bonds. The predicted octanol–water partition coefficient (Wildman–Crippen LogP) is 2.33. The highest BCUT2D eigenvalue weighted by molar-refractivity contribution is 5.41. The molecule has 2 heterocycles. The van der Waals surface area contributed by atoms with Crippen molar-refractivity contribution in [2.24, 2.45) is 0 Å². The molecule has 0 atom stereocenters. The van der Waals surface area contributed by atoms with E-state index in [1.54, 1.807) is 6.20 Å². The van der Waals surface area contributed by atoms with Gasteiger partial charge in [-0.1, -0.05) is 12.8 Å². The molecular formula is C12H15N3. The molecule has 0 bridgehead atoms. The fourth-order valence-corrected chi connectivity index (χ4v) is 1.94. The fourth-order valence-electron chi connectivity index (χ4n) is 1.94. The Morgan fingerprint density at radius 1 is 1.13 bits per heavy atom. The second kappa shape index (κ2) is 4.79. The Hall–Kier alpha value is -1.56. The van der Waals surface area contributed by atoms with Gasteiger partial charge in [0.05, 0.1) is 5.56 Å². The van der Waals surface area contributed by atoms with Crippen LogP contribution in [0.4, 0.5) is 5.82 Å². The zero-order valence-electron chi connectivity index (χ0n) is 8.82. The lowest BCUT2D eigenvalue weighted by molar-refractivity contribution is 0.726. The summed E-state index contributed by atoms with van der Waals surface area (Å²) in [5.41, 5.74) is 0.633. The normalized spacial score (nSPS) is 16.9. The van der Waals surface area contributed by atoms with Crippen LogP contribution in [0.1, 0.15) is 31.2 Å². The lowest BCUT2D eigenvalue weighted by Crippen LogP contribution is -2.24. The lowest BCUT2D eigenvalue weighted by atomic mass is 10.2. The molecule has 0 unspecified atom stereocenters. The molecule has 2 rings (SSSR count).